The summed E-state index contributed by atoms with van der Waals surface area (Å²) in [6, 6.07) is 11.9. The predicted molar refractivity (Wildman–Crippen MR) is 73.8 cm³/mol. The number of carbonyl (C=O) groups excluding carboxylic acids is 1. The van der Waals surface area contributed by atoms with Crippen LogP contribution in [0.4, 0.5) is 0 Å². The van der Waals surface area contributed by atoms with E-state index in [1.165, 1.54) is 7.11 Å². The number of benzene rings is 1. The Morgan fingerprint density at radius 3 is 2.68 bits per heavy atom. The number of rotatable bonds is 5. The van der Waals surface area contributed by atoms with Gasteiger partial charge in [0, 0.05) is 30.2 Å². The molecule has 1 aromatic heterocycles. The molecular weight excluding hydrogens is 240 g/mol. The van der Waals surface area contributed by atoms with Crippen molar-refractivity contribution in [2.45, 2.75) is 12.8 Å². The molecule has 0 aliphatic heterocycles. The molecule has 0 saturated carbocycles. The summed E-state index contributed by atoms with van der Waals surface area (Å²) in [7, 11) is 1.33. The topological polar surface area (TPSA) is 55.1 Å². The van der Waals surface area contributed by atoms with E-state index in [-0.39, 0.29) is 12.4 Å². The summed E-state index contributed by atoms with van der Waals surface area (Å²) in [5.41, 5.74) is 2.45. The zero-order chi connectivity index (χ0) is 13.7. The van der Waals surface area contributed by atoms with Crippen molar-refractivity contribution in [1.82, 2.24) is 4.57 Å². The van der Waals surface area contributed by atoms with Gasteiger partial charge in [-0.1, -0.05) is 18.2 Å². The number of ether oxygens (including phenoxy) is 1. The number of hydrogen-bond donors (Lipinski definition) is 1. The maximum atomic E-state index is 11.1. The highest BCUT2D eigenvalue weighted by molar-refractivity contribution is 5.98. The summed E-state index contributed by atoms with van der Waals surface area (Å²) in [5, 5.41) is 7.76. The van der Waals surface area contributed by atoms with Gasteiger partial charge in [-0.05, 0) is 23.8 Å². The Bertz CT molecular complexity index is 573. The highest BCUT2D eigenvalue weighted by Crippen LogP contribution is 2.11. The summed E-state index contributed by atoms with van der Waals surface area (Å²) < 4.78 is 6.55. The van der Waals surface area contributed by atoms with Crippen molar-refractivity contribution >= 4 is 11.7 Å². The third kappa shape index (κ3) is 3.55. The predicted octanol–water partition coefficient (Wildman–Crippen LogP) is 2.60. The fourth-order valence-electron chi connectivity index (χ4n) is 1.86. The van der Waals surface area contributed by atoms with Gasteiger partial charge in [-0.15, -0.1) is 0 Å². The van der Waals surface area contributed by atoms with Crippen molar-refractivity contribution in [2.24, 2.45) is 0 Å². The van der Waals surface area contributed by atoms with E-state index < -0.39 is 0 Å². The number of aromatic nitrogens is 1. The van der Waals surface area contributed by atoms with Crippen LogP contribution >= 0.6 is 0 Å². The first-order chi connectivity index (χ1) is 9.19. The average Bonchev–Trinajstić information content (AvgIpc) is 2.88. The molecule has 0 atom stereocenters. The van der Waals surface area contributed by atoms with E-state index in [1.54, 1.807) is 0 Å². The van der Waals surface area contributed by atoms with Crippen LogP contribution in [0, 0.1) is 5.41 Å². The molecule has 1 N–H and O–H groups in total. The van der Waals surface area contributed by atoms with Gasteiger partial charge in [0.25, 0.3) is 0 Å². The van der Waals surface area contributed by atoms with Gasteiger partial charge < -0.3 is 14.7 Å². The molecule has 1 aromatic carbocycles. The molecule has 4 heteroatoms. The SMILES string of the molecule is COC(=O)CC(=N)Cc1ccn(-c2ccccc2)c1. The van der Waals surface area contributed by atoms with Crippen molar-refractivity contribution < 1.29 is 9.53 Å². The van der Waals surface area contributed by atoms with E-state index in [0.717, 1.165) is 11.3 Å². The Balaban J connectivity index is 2.02. The largest absolute Gasteiger partial charge is 0.469 e. The highest BCUT2D eigenvalue weighted by Gasteiger charge is 2.08. The number of hydrogen-bond acceptors (Lipinski definition) is 3. The molecule has 0 bridgehead atoms. The summed E-state index contributed by atoms with van der Waals surface area (Å²) in [4.78, 5) is 11.1. The Labute approximate surface area is 112 Å². The molecule has 2 aromatic rings. The Morgan fingerprint density at radius 2 is 2.00 bits per heavy atom. The Morgan fingerprint density at radius 1 is 1.26 bits per heavy atom. The van der Waals surface area contributed by atoms with Crippen molar-refractivity contribution in [1.29, 1.82) is 5.41 Å². The minimum absolute atomic E-state index is 0.0486. The van der Waals surface area contributed by atoms with Crippen LogP contribution in [0.25, 0.3) is 5.69 Å². The van der Waals surface area contributed by atoms with E-state index >= 15 is 0 Å². The van der Waals surface area contributed by atoms with Crippen molar-refractivity contribution in [2.75, 3.05) is 7.11 Å². The Kier molecular flexibility index (Phi) is 4.13. The molecule has 98 valence electrons. The quantitative estimate of drug-likeness (QED) is 0.660. The molecule has 0 unspecified atom stereocenters. The molecule has 0 amide bonds. The van der Waals surface area contributed by atoms with E-state index in [1.807, 2.05) is 53.4 Å². The van der Waals surface area contributed by atoms with Gasteiger partial charge in [0.1, 0.15) is 0 Å². The van der Waals surface area contributed by atoms with Gasteiger partial charge in [-0.3, -0.25) is 4.79 Å². The normalized spacial score (nSPS) is 10.2. The third-order valence-corrected chi connectivity index (χ3v) is 2.81. The molecule has 1 heterocycles. The van der Waals surface area contributed by atoms with Crippen LogP contribution in [0.1, 0.15) is 12.0 Å². The summed E-state index contributed by atoms with van der Waals surface area (Å²) in [5.74, 6) is -0.368. The van der Waals surface area contributed by atoms with Crippen molar-refractivity contribution in [3.05, 3.63) is 54.4 Å². The minimum Gasteiger partial charge on any atom is -0.469 e. The fourth-order valence-corrected chi connectivity index (χ4v) is 1.86. The van der Waals surface area contributed by atoms with Crippen LogP contribution in [-0.2, 0) is 16.0 Å². The lowest BCUT2D eigenvalue weighted by molar-refractivity contribution is -0.139. The summed E-state index contributed by atoms with van der Waals surface area (Å²) in [6.45, 7) is 0. The average molecular weight is 256 g/mol. The monoisotopic (exact) mass is 256 g/mol. The first kappa shape index (κ1) is 13.1. The van der Waals surface area contributed by atoms with Gasteiger partial charge in [0.2, 0.25) is 0 Å². The molecule has 0 aliphatic rings. The molecular formula is C15H16N2O2. The van der Waals surface area contributed by atoms with E-state index in [4.69, 9.17) is 5.41 Å². The van der Waals surface area contributed by atoms with Crippen LogP contribution in [0.15, 0.2) is 48.8 Å². The number of carbonyl (C=O) groups is 1. The van der Waals surface area contributed by atoms with Gasteiger partial charge in [0.15, 0.2) is 0 Å². The lowest BCUT2D eigenvalue weighted by Crippen LogP contribution is -2.10. The second kappa shape index (κ2) is 6.00. The lowest BCUT2D eigenvalue weighted by atomic mass is 10.1. The number of nitrogens with zero attached hydrogens (tertiary/aromatic N) is 1. The molecule has 0 saturated heterocycles. The smallest absolute Gasteiger partial charge is 0.311 e. The molecule has 0 spiro atoms. The first-order valence-corrected chi connectivity index (χ1v) is 6.04. The van der Waals surface area contributed by atoms with Gasteiger partial charge in [-0.25, -0.2) is 0 Å². The number of para-hydroxylation sites is 1. The molecule has 0 aliphatic carbocycles. The van der Waals surface area contributed by atoms with E-state index in [2.05, 4.69) is 4.74 Å². The zero-order valence-electron chi connectivity index (χ0n) is 10.8. The second-order valence-corrected chi connectivity index (χ2v) is 4.30. The van der Waals surface area contributed by atoms with Gasteiger partial charge >= 0.3 is 5.97 Å². The molecule has 2 rings (SSSR count). The Hall–Kier alpha value is -2.36. The maximum Gasteiger partial charge on any atom is 0.311 e. The van der Waals surface area contributed by atoms with Crippen LogP contribution in [-0.4, -0.2) is 23.4 Å². The third-order valence-electron chi connectivity index (χ3n) is 2.81. The molecule has 0 fully saturated rings. The lowest BCUT2D eigenvalue weighted by Gasteiger charge is -2.02. The number of esters is 1. The second-order valence-electron chi connectivity index (χ2n) is 4.30. The molecule has 19 heavy (non-hydrogen) atoms. The van der Waals surface area contributed by atoms with Crippen molar-refractivity contribution in [3.63, 3.8) is 0 Å². The van der Waals surface area contributed by atoms with E-state index in [9.17, 15) is 4.79 Å². The van der Waals surface area contributed by atoms with Gasteiger partial charge in [-0.2, -0.15) is 0 Å². The van der Waals surface area contributed by atoms with Crippen LogP contribution < -0.4 is 0 Å². The van der Waals surface area contributed by atoms with Crippen LogP contribution in [0.2, 0.25) is 0 Å². The van der Waals surface area contributed by atoms with Crippen molar-refractivity contribution in [3.8, 4) is 5.69 Å². The van der Waals surface area contributed by atoms with E-state index in [0.29, 0.717) is 12.1 Å². The highest BCUT2D eigenvalue weighted by atomic mass is 16.5. The molecule has 0 radical (unpaired) electrons. The van der Waals surface area contributed by atoms with Crippen LogP contribution in [0.5, 0.6) is 0 Å². The standard InChI is InChI=1S/C15H16N2O2/c1-19-15(18)10-13(16)9-12-7-8-17(11-12)14-5-3-2-4-6-14/h2-8,11,16H,9-10H2,1H3. The number of nitrogens with one attached hydrogen (secondary N) is 1. The van der Waals surface area contributed by atoms with Gasteiger partial charge in [0.05, 0.1) is 13.5 Å². The maximum absolute atomic E-state index is 11.1. The minimum atomic E-state index is -0.368. The number of methoxy groups -OCH3 is 1. The first-order valence-electron chi connectivity index (χ1n) is 6.04. The molecule has 4 nitrogen and oxygen atoms in total. The zero-order valence-corrected chi connectivity index (χ0v) is 10.8. The summed E-state index contributed by atoms with van der Waals surface area (Å²) >= 11 is 0. The summed E-state index contributed by atoms with van der Waals surface area (Å²) in [6.07, 6.45) is 4.44. The fraction of sp³-hybridized carbons (Fsp3) is 0.200. The van der Waals surface area contributed by atoms with Crippen LogP contribution in [0.3, 0.4) is 0 Å².